The molecule has 0 bridgehead atoms. The lowest BCUT2D eigenvalue weighted by Gasteiger charge is -2.38. The fourth-order valence-electron chi connectivity index (χ4n) is 2.62. The van der Waals surface area contributed by atoms with Gasteiger partial charge in [0, 0.05) is 6.54 Å². The third-order valence-electron chi connectivity index (χ3n) is 3.70. The first kappa shape index (κ1) is 15.5. The van der Waals surface area contributed by atoms with E-state index in [4.69, 9.17) is 0 Å². The van der Waals surface area contributed by atoms with Crippen LogP contribution in [0.25, 0.3) is 0 Å². The molecule has 6 heteroatoms. The summed E-state index contributed by atoms with van der Waals surface area (Å²) >= 11 is 0. The molecular formula is C15H24N4O2. The van der Waals surface area contributed by atoms with Gasteiger partial charge in [0.1, 0.15) is 12.6 Å². The Labute approximate surface area is 125 Å². The second-order valence-electron chi connectivity index (χ2n) is 6.65. The van der Waals surface area contributed by atoms with Crippen molar-refractivity contribution in [1.29, 1.82) is 0 Å². The molecule has 1 N–H and O–H groups in total. The van der Waals surface area contributed by atoms with Crippen LogP contribution in [0.4, 0.5) is 0 Å². The number of nitrogens with one attached hydrogen (secondary N) is 1. The quantitative estimate of drug-likeness (QED) is 0.906. The molecule has 1 aromatic heterocycles. The van der Waals surface area contributed by atoms with Crippen LogP contribution in [0.15, 0.2) is 6.07 Å². The van der Waals surface area contributed by atoms with Crippen LogP contribution >= 0.6 is 0 Å². The maximum atomic E-state index is 12.6. The number of hydrogen-bond donors (Lipinski definition) is 1. The van der Waals surface area contributed by atoms with E-state index < -0.39 is 6.04 Å². The van der Waals surface area contributed by atoms with E-state index in [1.54, 1.807) is 4.90 Å². The first-order valence-electron chi connectivity index (χ1n) is 7.34. The summed E-state index contributed by atoms with van der Waals surface area (Å²) in [6.45, 7) is 11.1. The smallest absolute Gasteiger partial charge is 0.246 e. The van der Waals surface area contributed by atoms with Crippen LogP contribution in [0, 0.1) is 12.3 Å². The number of hydrogen-bond acceptors (Lipinski definition) is 3. The first-order chi connectivity index (χ1) is 9.72. The second-order valence-corrected chi connectivity index (χ2v) is 6.65. The zero-order valence-corrected chi connectivity index (χ0v) is 13.4. The molecule has 1 unspecified atom stereocenters. The van der Waals surface area contributed by atoms with Crippen molar-refractivity contribution in [2.24, 2.45) is 5.41 Å². The standard InChI is InChI=1S/C15H24N4O2/c1-6-19-11(7-10(2)17-19)8-18-9-12(20)16-13(14(18)21)15(3,4)5/h7,13H,6,8-9H2,1-5H3,(H,16,20). The van der Waals surface area contributed by atoms with Crippen molar-refractivity contribution in [3.63, 3.8) is 0 Å². The molecule has 2 heterocycles. The number of amides is 2. The van der Waals surface area contributed by atoms with Crippen molar-refractivity contribution in [1.82, 2.24) is 20.0 Å². The summed E-state index contributed by atoms with van der Waals surface area (Å²) in [5, 5.41) is 7.19. The minimum absolute atomic E-state index is 0.0244. The van der Waals surface area contributed by atoms with Gasteiger partial charge < -0.3 is 10.2 Å². The average molecular weight is 292 g/mol. The fraction of sp³-hybridized carbons (Fsp3) is 0.667. The van der Waals surface area contributed by atoms with Crippen LogP contribution in [0.1, 0.15) is 39.1 Å². The predicted molar refractivity (Wildman–Crippen MR) is 79.4 cm³/mol. The van der Waals surface area contributed by atoms with Crippen LogP contribution in [0.3, 0.4) is 0 Å². The lowest BCUT2D eigenvalue weighted by molar-refractivity contribution is -0.148. The lowest BCUT2D eigenvalue weighted by atomic mass is 9.85. The molecule has 6 nitrogen and oxygen atoms in total. The van der Waals surface area contributed by atoms with E-state index in [1.165, 1.54) is 0 Å². The minimum Gasteiger partial charge on any atom is -0.342 e. The molecule has 0 aliphatic carbocycles. The molecule has 1 aromatic rings. The van der Waals surface area contributed by atoms with Gasteiger partial charge in [0.25, 0.3) is 0 Å². The summed E-state index contributed by atoms with van der Waals surface area (Å²) in [6.07, 6.45) is 0. The molecule has 1 fully saturated rings. The zero-order chi connectivity index (χ0) is 15.8. The van der Waals surface area contributed by atoms with E-state index in [-0.39, 0.29) is 23.8 Å². The van der Waals surface area contributed by atoms with Gasteiger partial charge in [-0.2, -0.15) is 5.10 Å². The van der Waals surface area contributed by atoms with Crippen molar-refractivity contribution in [3.8, 4) is 0 Å². The lowest BCUT2D eigenvalue weighted by Crippen LogP contribution is -2.61. The number of carbonyl (C=O) groups excluding carboxylic acids is 2. The Morgan fingerprint density at radius 3 is 2.62 bits per heavy atom. The summed E-state index contributed by atoms with van der Waals surface area (Å²) in [5.74, 6) is -0.127. The molecule has 2 rings (SSSR count). The van der Waals surface area contributed by atoms with Gasteiger partial charge in [-0.05, 0) is 25.3 Å². The molecule has 0 radical (unpaired) electrons. The summed E-state index contributed by atoms with van der Waals surface area (Å²) in [6, 6.07) is 1.49. The van der Waals surface area contributed by atoms with Crippen LogP contribution in [0.2, 0.25) is 0 Å². The minimum atomic E-state index is -0.474. The molecule has 21 heavy (non-hydrogen) atoms. The van der Waals surface area contributed by atoms with Crippen molar-refractivity contribution in [3.05, 3.63) is 17.5 Å². The third-order valence-corrected chi connectivity index (χ3v) is 3.70. The van der Waals surface area contributed by atoms with Crippen molar-refractivity contribution in [2.45, 2.75) is 53.8 Å². The van der Waals surface area contributed by atoms with Crippen molar-refractivity contribution >= 4 is 11.8 Å². The van der Waals surface area contributed by atoms with Gasteiger partial charge in [0.05, 0.1) is 17.9 Å². The Bertz CT molecular complexity index is 557. The molecule has 116 valence electrons. The maximum absolute atomic E-state index is 12.6. The number of aryl methyl sites for hydroxylation is 2. The summed E-state index contributed by atoms with van der Waals surface area (Å²) < 4.78 is 1.88. The Balaban J connectivity index is 2.22. The highest BCUT2D eigenvalue weighted by Gasteiger charge is 2.40. The highest BCUT2D eigenvalue weighted by molar-refractivity contribution is 5.95. The van der Waals surface area contributed by atoms with Gasteiger partial charge in [-0.25, -0.2) is 0 Å². The van der Waals surface area contributed by atoms with E-state index in [0.717, 1.165) is 17.9 Å². The molecule has 0 aromatic carbocycles. The maximum Gasteiger partial charge on any atom is 0.246 e. The van der Waals surface area contributed by atoms with E-state index >= 15 is 0 Å². The zero-order valence-electron chi connectivity index (χ0n) is 13.4. The molecule has 2 amide bonds. The number of aromatic nitrogens is 2. The molecule has 1 atom stereocenters. The number of piperazine rings is 1. The van der Waals surface area contributed by atoms with E-state index in [9.17, 15) is 9.59 Å². The molecule has 1 saturated heterocycles. The van der Waals surface area contributed by atoms with Gasteiger partial charge in [-0.3, -0.25) is 14.3 Å². The topological polar surface area (TPSA) is 67.2 Å². The van der Waals surface area contributed by atoms with Crippen LogP contribution in [-0.4, -0.2) is 39.1 Å². The van der Waals surface area contributed by atoms with Gasteiger partial charge in [-0.15, -0.1) is 0 Å². The number of rotatable bonds is 3. The van der Waals surface area contributed by atoms with Gasteiger partial charge >= 0.3 is 0 Å². The van der Waals surface area contributed by atoms with E-state index in [2.05, 4.69) is 10.4 Å². The number of carbonyl (C=O) groups is 2. The summed E-state index contributed by atoms with van der Waals surface area (Å²) in [4.78, 5) is 26.1. The fourth-order valence-corrected chi connectivity index (χ4v) is 2.62. The molecule has 0 spiro atoms. The van der Waals surface area contributed by atoms with Crippen LogP contribution < -0.4 is 5.32 Å². The Hall–Kier alpha value is -1.85. The third kappa shape index (κ3) is 3.25. The van der Waals surface area contributed by atoms with Crippen molar-refractivity contribution < 1.29 is 9.59 Å². The molecule has 0 saturated carbocycles. The first-order valence-corrected chi connectivity index (χ1v) is 7.34. The predicted octanol–water partition coefficient (Wildman–Crippen LogP) is 1.08. The van der Waals surface area contributed by atoms with Crippen molar-refractivity contribution in [2.75, 3.05) is 6.54 Å². The SMILES string of the molecule is CCn1nc(C)cc1CN1CC(=O)NC(C(C)(C)C)C1=O. The summed E-state index contributed by atoms with van der Waals surface area (Å²) in [5.41, 5.74) is 1.59. The van der Waals surface area contributed by atoms with Gasteiger partial charge in [0.15, 0.2) is 0 Å². The Morgan fingerprint density at radius 1 is 1.38 bits per heavy atom. The number of nitrogens with zero attached hydrogens (tertiary/aromatic N) is 3. The normalized spacial score (nSPS) is 19.9. The van der Waals surface area contributed by atoms with Crippen LogP contribution in [-0.2, 0) is 22.7 Å². The monoisotopic (exact) mass is 292 g/mol. The van der Waals surface area contributed by atoms with Crippen LogP contribution in [0.5, 0.6) is 0 Å². The summed E-state index contributed by atoms with van der Waals surface area (Å²) in [7, 11) is 0. The molecular weight excluding hydrogens is 268 g/mol. The average Bonchev–Trinajstić information content (AvgIpc) is 2.72. The Kier molecular flexibility index (Phi) is 4.07. The largest absolute Gasteiger partial charge is 0.342 e. The highest BCUT2D eigenvalue weighted by atomic mass is 16.2. The van der Waals surface area contributed by atoms with E-state index in [0.29, 0.717) is 6.54 Å². The Morgan fingerprint density at radius 2 is 2.05 bits per heavy atom. The second kappa shape index (κ2) is 5.50. The molecule has 1 aliphatic heterocycles. The highest BCUT2D eigenvalue weighted by Crippen LogP contribution is 2.24. The van der Waals surface area contributed by atoms with E-state index in [1.807, 2.05) is 45.4 Å². The molecule has 1 aliphatic rings. The van der Waals surface area contributed by atoms with Gasteiger partial charge in [0.2, 0.25) is 11.8 Å². The van der Waals surface area contributed by atoms with Gasteiger partial charge in [-0.1, -0.05) is 20.8 Å².